The van der Waals surface area contributed by atoms with Gasteiger partial charge in [0.15, 0.2) is 0 Å². The lowest BCUT2D eigenvalue weighted by molar-refractivity contribution is -0.150. The molecule has 0 rings (SSSR count). The number of carbonyl (C=O) groups excluding carboxylic acids is 1. The molecular formula is C9H15NO2. The van der Waals surface area contributed by atoms with Crippen LogP contribution in [-0.4, -0.2) is 12.1 Å². The van der Waals surface area contributed by atoms with E-state index in [2.05, 4.69) is 6.07 Å². The van der Waals surface area contributed by atoms with Gasteiger partial charge in [-0.2, -0.15) is 5.26 Å². The van der Waals surface area contributed by atoms with Gasteiger partial charge in [0.05, 0.1) is 11.5 Å². The molecule has 0 aromatic rings. The summed E-state index contributed by atoms with van der Waals surface area (Å²) in [5.41, 5.74) is -0.597. The number of esters is 1. The fourth-order valence-corrected chi connectivity index (χ4v) is 1.01. The van der Waals surface area contributed by atoms with Crippen LogP contribution in [0.5, 0.6) is 0 Å². The Labute approximate surface area is 73.3 Å². The number of rotatable bonds is 3. The van der Waals surface area contributed by atoms with Crippen molar-refractivity contribution in [2.75, 3.05) is 0 Å². The molecule has 0 saturated carbocycles. The second-order valence-corrected chi connectivity index (χ2v) is 3.34. The molecule has 12 heavy (non-hydrogen) atoms. The third-order valence-corrected chi connectivity index (χ3v) is 1.77. The van der Waals surface area contributed by atoms with Crippen molar-refractivity contribution >= 4 is 5.97 Å². The first-order valence-electron chi connectivity index (χ1n) is 4.02. The Balaban J connectivity index is 4.36. The molecule has 0 aliphatic heterocycles. The molecule has 0 heterocycles. The van der Waals surface area contributed by atoms with Gasteiger partial charge < -0.3 is 4.74 Å². The Bertz CT molecular complexity index is 203. The Morgan fingerprint density at radius 1 is 1.67 bits per heavy atom. The fraction of sp³-hybridized carbons (Fsp3) is 0.778. The lowest BCUT2D eigenvalue weighted by atomic mass is 9.87. The largest absolute Gasteiger partial charge is 0.461 e. The molecule has 3 nitrogen and oxygen atoms in total. The van der Waals surface area contributed by atoms with Crippen molar-refractivity contribution < 1.29 is 9.53 Å². The van der Waals surface area contributed by atoms with Crippen LogP contribution in [0.15, 0.2) is 0 Å². The van der Waals surface area contributed by atoms with E-state index in [-0.39, 0.29) is 12.1 Å². The summed E-state index contributed by atoms with van der Waals surface area (Å²) < 4.78 is 4.99. The summed E-state index contributed by atoms with van der Waals surface area (Å²) in [6.07, 6.45) is 0.361. The molecule has 3 heteroatoms. The Morgan fingerprint density at radius 2 is 2.17 bits per heavy atom. The van der Waals surface area contributed by atoms with Crippen LogP contribution >= 0.6 is 0 Å². The zero-order valence-corrected chi connectivity index (χ0v) is 8.05. The molecule has 0 amide bonds. The van der Waals surface area contributed by atoms with E-state index in [1.165, 1.54) is 6.92 Å². The van der Waals surface area contributed by atoms with Crippen LogP contribution in [0.2, 0.25) is 0 Å². The van der Waals surface area contributed by atoms with Crippen LogP contribution in [-0.2, 0) is 9.53 Å². The quantitative estimate of drug-likeness (QED) is 0.606. The van der Waals surface area contributed by atoms with Crippen molar-refractivity contribution in [1.82, 2.24) is 0 Å². The maximum atomic E-state index is 10.6. The third kappa shape index (κ3) is 2.91. The monoisotopic (exact) mass is 169 g/mol. The van der Waals surface area contributed by atoms with Crippen LogP contribution in [0.1, 0.15) is 34.1 Å². The first kappa shape index (κ1) is 11.0. The summed E-state index contributed by atoms with van der Waals surface area (Å²) in [6.45, 7) is 6.79. The summed E-state index contributed by atoms with van der Waals surface area (Å²) >= 11 is 0. The normalized spacial score (nSPS) is 13.2. The maximum absolute atomic E-state index is 10.6. The van der Waals surface area contributed by atoms with Crippen molar-refractivity contribution in [3.8, 4) is 6.07 Å². The molecule has 0 radical (unpaired) electrons. The zero-order chi connectivity index (χ0) is 9.78. The number of nitrogens with zero attached hydrogens (tertiary/aromatic N) is 1. The summed E-state index contributed by atoms with van der Waals surface area (Å²) in [4.78, 5) is 10.6. The topological polar surface area (TPSA) is 50.1 Å². The smallest absolute Gasteiger partial charge is 0.302 e. The lowest BCUT2D eigenvalue weighted by Gasteiger charge is -2.25. The van der Waals surface area contributed by atoms with Crippen LogP contribution < -0.4 is 0 Å². The van der Waals surface area contributed by atoms with Crippen molar-refractivity contribution in [1.29, 1.82) is 5.26 Å². The highest BCUT2D eigenvalue weighted by Crippen LogP contribution is 2.24. The van der Waals surface area contributed by atoms with Crippen molar-refractivity contribution in [3.05, 3.63) is 0 Å². The third-order valence-electron chi connectivity index (χ3n) is 1.77. The number of carbonyl (C=O) groups is 1. The maximum Gasteiger partial charge on any atom is 0.302 e. The molecule has 0 aliphatic rings. The summed E-state index contributed by atoms with van der Waals surface area (Å²) in [5, 5.41) is 8.77. The number of ether oxygens (including phenoxy) is 1. The first-order valence-corrected chi connectivity index (χ1v) is 4.02. The van der Waals surface area contributed by atoms with E-state index in [1.54, 1.807) is 13.8 Å². The highest BCUT2D eigenvalue weighted by atomic mass is 16.5. The highest BCUT2D eigenvalue weighted by molar-refractivity contribution is 5.66. The minimum atomic E-state index is -0.597. The van der Waals surface area contributed by atoms with E-state index >= 15 is 0 Å². The number of hydrogen-bond donors (Lipinski definition) is 0. The van der Waals surface area contributed by atoms with Crippen LogP contribution in [0.25, 0.3) is 0 Å². The minimum Gasteiger partial charge on any atom is -0.461 e. The predicted octanol–water partition coefficient (Wildman–Crippen LogP) is 1.88. The molecule has 0 aromatic heterocycles. The van der Waals surface area contributed by atoms with Gasteiger partial charge in [0.1, 0.15) is 6.10 Å². The van der Waals surface area contributed by atoms with Gasteiger partial charge in [-0.3, -0.25) is 4.79 Å². The fourth-order valence-electron chi connectivity index (χ4n) is 1.01. The minimum absolute atomic E-state index is 0.306. The van der Waals surface area contributed by atoms with Crippen molar-refractivity contribution in [3.63, 3.8) is 0 Å². The second kappa shape index (κ2) is 4.10. The van der Waals surface area contributed by atoms with Gasteiger partial charge in [-0.15, -0.1) is 0 Å². The lowest BCUT2D eigenvalue weighted by Crippen LogP contribution is -2.31. The van der Waals surface area contributed by atoms with E-state index < -0.39 is 5.41 Å². The molecule has 0 spiro atoms. The van der Waals surface area contributed by atoms with Gasteiger partial charge in [-0.05, 0) is 20.3 Å². The Kier molecular flexibility index (Phi) is 3.75. The van der Waals surface area contributed by atoms with Gasteiger partial charge in [0.2, 0.25) is 0 Å². The molecule has 68 valence electrons. The van der Waals surface area contributed by atoms with Crippen molar-refractivity contribution in [2.24, 2.45) is 5.41 Å². The first-order chi connectivity index (χ1) is 5.44. The van der Waals surface area contributed by atoms with Gasteiger partial charge in [0, 0.05) is 6.92 Å². The second-order valence-electron chi connectivity index (χ2n) is 3.34. The van der Waals surface area contributed by atoms with Gasteiger partial charge >= 0.3 is 5.97 Å². The SMILES string of the molecule is CC[C@H](OC(C)=O)C(C)(C)C#N. The highest BCUT2D eigenvalue weighted by Gasteiger charge is 2.30. The molecule has 0 aliphatic carbocycles. The molecule has 0 bridgehead atoms. The van der Waals surface area contributed by atoms with E-state index in [1.807, 2.05) is 6.92 Å². The molecule has 0 fully saturated rings. The van der Waals surface area contributed by atoms with E-state index in [0.29, 0.717) is 6.42 Å². The number of hydrogen-bond acceptors (Lipinski definition) is 3. The predicted molar refractivity (Wildman–Crippen MR) is 45.2 cm³/mol. The van der Waals surface area contributed by atoms with Gasteiger partial charge in [0.25, 0.3) is 0 Å². The van der Waals surface area contributed by atoms with Crippen LogP contribution in [0.3, 0.4) is 0 Å². The zero-order valence-electron chi connectivity index (χ0n) is 8.05. The Morgan fingerprint density at radius 3 is 2.42 bits per heavy atom. The van der Waals surface area contributed by atoms with E-state index in [9.17, 15) is 4.79 Å². The van der Waals surface area contributed by atoms with E-state index in [0.717, 1.165) is 0 Å². The van der Waals surface area contributed by atoms with Crippen molar-refractivity contribution in [2.45, 2.75) is 40.2 Å². The molecule has 0 saturated heterocycles. The molecule has 0 unspecified atom stereocenters. The summed E-state index contributed by atoms with van der Waals surface area (Å²) in [7, 11) is 0. The number of nitriles is 1. The Hall–Kier alpha value is -1.04. The molecule has 1 atom stereocenters. The average Bonchev–Trinajstić information content (AvgIpc) is 1.99. The molecular weight excluding hydrogens is 154 g/mol. The van der Waals surface area contributed by atoms with Crippen LogP contribution in [0, 0.1) is 16.7 Å². The summed E-state index contributed by atoms with van der Waals surface area (Å²) in [5.74, 6) is -0.329. The van der Waals surface area contributed by atoms with Gasteiger partial charge in [-0.25, -0.2) is 0 Å². The molecule has 0 aromatic carbocycles. The van der Waals surface area contributed by atoms with Crippen LogP contribution in [0.4, 0.5) is 0 Å². The van der Waals surface area contributed by atoms with Gasteiger partial charge in [-0.1, -0.05) is 6.92 Å². The average molecular weight is 169 g/mol. The summed E-state index contributed by atoms with van der Waals surface area (Å²) in [6, 6.07) is 2.12. The van der Waals surface area contributed by atoms with E-state index in [4.69, 9.17) is 10.00 Å². The molecule has 0 N–H and O–H groups in total. The standard InChI is InChI=1S/C9H15NO2/c1-5-8(12-7(2)11)9(3,4)6-10/h8H,5H2,1-4H3/t8-/m0/s1.